The van der Waals surface area contributed by atoms with Crippen LogP contribution >= 0.6 is 0 Å². The lowest BCUT2D eigenvalue weighted by molar-refractivity contribution is -0.144. The van der Waals surface area contributed by atoms with E-state index in [0.717, 1.165) is 32.1 Å². The number of piperidine rings is 1. The molecule has 2 amide bonds. The first-order valence-corrected chi connectivity index (χ1v) is 8.04. The fourth-order valence-electron chi connectivity index (χ4n) is 3.92. The van der Waals surface area contributed by atoms with Crippen molar-refractivity contribution in [1.82, 2.24) is 10.2 Å². The summed E-state index contributed by atoms with van der Waals surface area (Å²) in [5.74, 6) is -0.492. The highest BCUT2D eigenvalue weighted by molar-refractivity contribution is 5.83. The highest BCUT2D eigenvalue weighted by Gasteiger charge is 2.43. The van der Waals surface area contributed by atoms with Crippen molar-refractivity contribution in [3.63, 3.8) is 0 Å². The molecule has 0 aromatic carbocycles. The van der Waals surface area contributed by atoms with Gasteiger partial charge < -0.3 is 20.1 Å². The largest absolute Gasteiger partial charge is 0.480 e. The first-order valence-electron chi connectivity index (χ1n) is 8.04. The molecule has 3 aliphatic rings. The number of hydrogen-bond acceptors (Lipinski definition) is 3. The van der Waals surface area contributed by atoms with E-state index in [9.17, 15) is 14.7 Å². The lowest BCUT2D eigenvalue weighted by atomic mass is 9.89. The Morgan fingerprint density at radius 3 is 2.67 bits per heavy atom. The van der Waals surface area contributed by atoms with E-state index in [1.165, 1.54) is 4.90 Å². The second-order valence-corrected chi connectivity index (χ2v) is 6.51. The molecule has 6 nitrogen and oxygen atoms in total. The highest BCUT2D eigenvalue weighted by Crippen LogP contribution is 2.34. The summed E-state index contributed by atoms with van der Waals surface area (Å²) in [7, 11) is 0. The third-order valence-electron chi connectivity index (χ3n) is 5.25. The van der Waals surface area contributed by atoms with Crippen LogP contribution in [0.3, 0.4) is 0 Å². The lowest BCUT2D eigenvalue weighted by Gasteiger charge is -2.37. The maximum absolute atomic E-state index is 12.4. The third kappa shape index (κ3) is 2.86. The van der Waals surface area contributed by atoms with Gasteiger partial charge in [0.2, 0.25) is 0 Å². The average Bonchev–Trinajstić information content (AvgIpc) is 3.09. The molecule has 5 atom stereocenters. The number of hydrogen-bond donors (Lipinski definition) is 2. The van der Waals surface area contributed by atoms with Gasteiger partial charge in [-0.25, -0.2) is 9.59 Å². The summed E-state index contributed by atoms with van der Waals surface area (Å²) in [5, 5.41) is 12.4. The van der Waals surface area contributed by atoms with Gasteiger partial charge in [0.25, 0.3) is 0 Å². The van der Waals surface area contributed by atoms with Crippen LogP contribution in [-0.4, -0.2) is 52.8 Å². The van der Waals surface area contributed by atoms with Crippen LogP contribution in [0.15, 0.2) is 0 Å². The van der Waals surface area contributed by atoms with Crippen LogP contribution in [0, 0.1) is 5.92 Å². The second-order valence-electron chi connectivity index (χ2n) is 6.51. The minimum atomic E-state index is -0.896. The van der Waals surface area contributed by atoms with Gasteiger partial charge in [0.15, 0.2) is 0 Å². The molecular weight excluding hydrogens is 272 g/mol. The summed E-state index contributed by atoms with van der Waals surface area (Å²) in [6, 6.07) is -0.879. The predicted octanol–water partition coefficient (Wildman–Crippen LogP) is 1.59. The molecule has 0 radical (unpaired) electrons. The minimum Gasteiger partial charge on any atom is -0.480 e. The van der Waals surface area contributed by atoms with Crippen molar-refractivity contribution in [2.45, 2.75) is 69.7 Å². The van der Waals surface area contributed by atoms with E-state index in [0.29, 0.717) is 18.9 Å². The summed E-state index contributed by atoms with van der Waals surface area (Å²) in [4.78, 5) is 25.4. The molecule has 5 unspecified atom stereocenters. The molecule has 0 spiro atoms. The smallest absolute Gasteiger partial charge is 0.326 e. The van der Waals surface area contributed by atoms with Crippen molar-refractivity contribution in [2.24, 2.45) is 5.92 Å². The van der Waals surface area contributed by atoms with Gasteiger partial charge in [0.05, 0.1) is 18.2 Å². The Kier molecular flexibility index (Phi) is 4.06. The van der Waals surface area contributed by atoms with E-state index in [1.807, 2.05) is 0 Å². The van der Waals surface area contributed by atoms with E-state index in [2.05, 4.69) is 12.2 Å². The molecule has 3 rings (SSSR count). The second kappa shape index (κ2) is 5.83. The zero-order valence-corrected chi connectivity index (χ0v) is 12.5. The van der Waals surface area contributed by atoms with E-state index in [4.69, 9.17) is 4.74 Å². The molecule has 0 aromatic heterocycles. The maximum atomic E-state index is 12.4. The zero-order valence-electron chi connectivity index (χ0n) is 12.5. The Labute approximate surface area is 124 Å². The number of nitrogens with zero attached hydrogens (tertiary/aromatic N) is 1. The number of carbonyl (C=O) groups excluding carboxylic acids is 1. The van der Waals surface area contributed by atoms with Gasteiger partial charge in [-0.3, -0.25) is 0 Å². The van der Waals surface area contributed by atoms with Gasteiger partial charge in [0.1, 0.15) is 6.04 Å². The molecule has 0 aliphatic carbocycles. The number of aliphatic carboxylic acids is 1. The molecule has 0 aromatic rings. The van der Waals surface area contributed by atoms with Gasteiger partial charge in [-0.2, -0.15) is 0 Å². The Bertz CT molecular complexity index is 428. The topological polar surface area (TPSA) is 78.9 Å². The van der Waals surface area contributed by atoms with Gasteiger partial charge >= 0.3 is 12.0 Å². The van der Waals surface area contributed by atoms with Crippen molar-refractivity contribution in [1.29, 1.82) is 0 Å². The first kappa shape index (κ1) is 14.6. The van der Waals surface area contributed by atoms with Crippen molar-refractivity contribution in [3.8, 4) is 0 Å². The van der Waals surface area contributed by atoms with Crippen molar-refractivity contribution < 1.29 is 19.4 Å². The van der Waals surface area contributed by atoms with E-state index in [-0.39, 0.29) is 24.3 Å². The third-order valence-corrected chi connectivity index (χ3v) is 5.25. The summed E-state index contributed by atoms with van der Waals surface area (Å²) in [5.41, 5.74) is 0. The van der Waals surface area contributed by atoms with Crippen LogP contribution in [0.5, 0.6) is 0 Å². The summed E-state index contributed by atoms with van der Waals surface area (Å²) in [6.45, 7) is 2.61. The monoisotopic (exact) mass is 296 g/mol. The van der Waals surface area contributed by atoms with E-state index < -0.39 is 12.0 Å². The quantitative estimate of drug-likeness (QED) is 0.829. The number of likely N-dealkylation sites (tertiary alicyclic amines) is 1. The van der Waals surface area contributed by atoms with Gasteiger partial charge in [-0.05, 0) is 38.0 Å². The number of carboxylic acid groups (broad SMARTS) is 1. The molecule has 3 saturated heterocycles. The number of rotatable bonds is 3. The summed E-state index contributed by atoms with van der Waals surface area (Å²) < 4.78 is 5.73. The lowest BCUT2D eigenvalue weighted by Crippen LogP contribution is -2.56. The number of carbonyl (C=O) groups is 2. The molecule has 21 heavy (non-hydrogen) atoms. The Balaban J connectivity index is 1.61. The molecule has 3 aliphatic heterocycles. The van der Waals surface area contributed by atoms with Crippen LogP contribution in [0.1, 0.15) is 45.4 Å². The number of nitrogens with one attached hydrogen (secondary N) is 1. The van der Waals surface area contributed by atoms with Gasteiger partial charge in [-0.1, -0.05) is 13.3 Å². The van der Waals surface area contributed by atoms with Crippen molar-refractivity contribution >= 4 is 12.0 Å². The molecular formula is C15H24N2O4. The number of fused-ring (bicyclic) bond motifs is 2. The molecule has 118 valence electrons. The zero-order chi connectivity index (χ0) is 15.0. The fraction of sp³-hybridized carbons (Fsp3) is 0.867. The minimum absolute atomic E-state index is 0.0505. The summed E-state index contributed by atoms with van der Waals surface area (Å²) in [6.07, 6.45) is 5.76. The van der Waals surface area contributed by atoms with E-state index >= 15 is 0 Å². The molecule has 6 heteroatoms. The van der Waals surface area contributed by atoms with Crippen LogP contribution < -0.4 is 5.32 Å². The number of ether oxygens (including phenoxy) is 1. The number of amides is 2. The number of carboxylic acids is 1. The van der Waals surface area contributed by atoms with Gasteiger partial charge in [-0.15, -0.1) is 0 Å². The van der Waals surface area contributed by atoms with E-state index in [1.54, 1.807) is 0 Å². The number of urea groups is 1. The van der Waals surface area contributed by atoms with Crippen LogP contribution in [0.25, 0.3) is 0 Å². The first-order chi connectivity index (χ1) is 10.1. The highest BCUT2D eigenvalue weighted by atomic mass is 16.5. The summed E-state index contributed by atoms with van der Waals surface area (Å²) >= 11 is 0. The molecule has 2 N–H and O–H groups in total. The Hall–Kier alpha value is -1.30. The predicted molar refractivity (Wildman–Crippen MR) is 76.0 cm³/mol. The van der Waals surface area contributed by atoms with Crippen molar-refractivity contribution in [2.75, 3.05) is 6.54 Å². The van der Waals surface area contributed by atoms with Crippen LogP contribution in [-0.2, 0) is 9.53 Å². The van der Waals surface area contributed by atoms with Crippen LogP contribution in [0.2, 0.25) is 0 Å². The molecule has 0 saturated carbocycles. The maximum Gasteiger partial charge on any atom is 0.326 e. The molecule has 2 bridgehead atoms. The van der Waals surface area contributed by atoms with Crippen LogP contribution in [0.4, 0.5) is 4.79 Å². The Morgan fingerprint density at radius 2 is 2.10 bits per heavy atom. The SMILES string of the molecule is CCC1CCN(C(=O)NC2CC3CCC2O3)C(C(=O)O)C1. The fourth-order valence-corrected chi connectivity index (χ4v) is 3.92. The van der Waals surface area contributed by atoms with Gasteiger partial charge in [0, 0.05) is 6.54 Å². The molecule has 3 heterocycles. The molecule has 3 fully saturated rings. The average molecular weight is 296 g/mol. The van der Waals surface area contributed by atoms with Crippen molar-refractivity contribution in [3.05, 3.63) is 0 Å². The normalized spacial score (nSPS) is 38.5. The Morgan fingerprint density at radius 1 is 1.29 bits per heavy atom. The standard InChI is InChI=1S/C15H24N2O4/c1-2-9-5-6-17(12(7-9)14(18)19)15(20)16-11-8-10-3-4-13(11)21-10/h9-13H,2-8H2,1H3,(H,16,20)(H,18,19).